The number of carbonyl (C=O) groups is 2. The number of aromatic amines is 1. The van der Waals surface area contributed by atoms with Gasteiger partial charge in [-0.25, -0.2) is 9.97 Å². The topological polar surface area (TPSA) is 103 Å². The summed E-state index contributed by atoms with van der Waals surface area (Å²) in [5.74, 6) is 0.285. The van der Waals surface area contributed by atoms with Gasteiger partial charge in [0, 0.05) is 47.8 Å². The molecule has 3 aromatic rings. The number of anilines is 1. The van der Waals surface area contributed by atoms with Gasteiger partial charge in [0.2, 0.25) is 17.8 Å². The molecule has 1 saturated carbocycles. The molecule has 36 heavy (non-hydrogen) atoms. The number of H-pyrrole nitrogens is 1. The second kappa shape index (κ2) is 10.7. The van der Waals surface area contributed by atoms with E-state index in [0.29, 0.717) is 29.8 Å². The molecule has 3 heterocycles. The van der Waals surface area contributed by atoms with Crippen LogP contribution in [-0.2, 0) is 9.59 Å². The van der Waals surface area contributed by atoms with Crippen molar-refractivity contribution in [1.82, 2.24) is 25.2 Å². The molecule has 1 saturated heterocycles. The maximum Gasteiger partial charge on any atom is 0.245 e. The van der Waals surface area contributed by atoms with Crippen LogP contribution in [0.5, 0.6) is 0 Å². The molecule has 3 N–H and O–H groups in total. The van der Waals surface area contributed by atoms with Gasteiger partial charge in [0.1, 0.15) is 0 Å². The van der Waals surface area contributed by atoms with E-state index in [0.717, 1.165) is 55.0 Å². The highest BCUT2D eigenvalue weighted by Crippen LogP contribution is 2.33. The van der Waals surface area contributed by atoms with Crippen LogP contribution in [0.1, 0.15) is 38.5 Å². The summed E-state index contributed by atoms with van der Waals surface area (Å²) in [6.45, 7) is 4.71. The Morgan fingerprint density at radius 3 is 2.86 bits per heavy atom. The number of aromatic nitrogens is 3. The minimum absolute atomic E-state index is 0.0339. The number of halogens is 1. The van der Waals surface area contributed by atoms with Gasteiger partial charge in [0.25, 0.3) is 0 Å². The van der Waals surface area contributed by atoms with Crippen molar-refractivity contribution >= 4 is 40.3 Å². The lowest BCUT2D eigenvalue weighted by Crippen LogP contribution is -2.49. The average Bonchev–Trinajstić information content (AvgIpc) is 3.33. The van der Waals surface area contributed by atoms with Gasteiger partial charge in [-0.05, 0) is 50.7 Å². The van der Waals surface area contributed by atoms with Crippen molar-refractivity contribution in [3.05, 3.63) is 54.3 Å². The summed E-state index contributed by atoms with van der Waals surface area (Å²) in [5, 5.41) is 8.25. The molecule has 1 aromatic carbocycles. The van der Waals surface area contributed by atoms with Crippen LogP contribution in [0.3, 0.4) is 0 Å². The van der Waals surface area contributed by atoms with Crippen LogP contribution in [0.25, 0.3) is 22.2 Å². The van der Waals surface area contributed by atoms with Crippen LogP contribution in [0.4, 0.5) is 5.95 Å². The molecule has 0 bridgehead atoms. The van der Waals surface area contributed by atoms with Gasteiger partial charge in [0.15, 0.2) is 0 Å². The Morgan fingerprint density at radius 1 is 1.17 bits per heavy atom. The first-order valence-corrected chi connectivity index (χ1v) is 13.0. The predicted molar refractivity (Wildman–Crippen MR) is 142 cm³/mol. The summed E-state index contributed by atoms with van der Waals surface area (Å²) in [5.41, 5.74) is 2.65. The van der Waals surface area contributed by atoms with Gasteiger partial charge >= 0.3 is 0 Å². The number of carbonyl (C=O) groups excluding carboxylic acids is 2. The third kappa shape index (κ3) is 5.23. The van der Waals surface area contributed by atoms with Gasteiger partial charge in [-0.1, -0.05) is 36.4 Å². The Kier molecular flexibility index (Phi) is 7.23. The van der Waals surface area contributed by atoms with E-state index in [1.807, 2.05) is 30.5 Å². The Hall–Kier alpha value is -3.39. The van der Waals surface area contributed by atoms with Crippen molar-refractivity contribution in [2.75, 3.05) is 18.4 Å². The van der Waals surface area contributed by atoms with E-state index in [4.69, 9.17) is 16.6 Å². The monoisotopic (exact) mass is 506 g/mol. The largest absolute Gasteiger partial charge is 0.360 e. The molecule has 2 fully saturated rings. The van der Waals surface area contributed by atoms with Gasteiger partial charge in [-0.2, -0.15) is 0 Å². The lowest BCUT2D eigenvalue weighted by Gasteiger charge is -2.34. The molecule has 188 valence electrons. The normalized spacial score (nSPS) is 22.2. The summed E-state index contributed by atoms with van der Waals surface area (Å²) in [4.78, 5) is 39.1. The second-order valence-electron chi connectivity index (χ2n) is 9.68. The number of nitrogens with zero attached hydrogens (tertiary/aromatic N) is 3. The fourth-order valence-electron chi connectivity index (χ4n) is 5.37. The van der Waals surface area contributed by atoms with Gasteiger partial charge < -0.3 is 20.5 Å². The SMILES string of the molecule is C=CC(=O)N1CCCC(C(=O)N[C@H]2CCC[C@@H](Nc3ncc(Cl)c(-c4c[nH]c5ccccc45)n3)C2)C1. The first kappa shape index (κ1) is 24.3. The Morgan fingerprint density at radius 2 is 2.00 bits per heavy atom. The number of para-hydroxylation sites is 1. The molecular weight excluding hydrogens is 476 g/mol. The third-order valence-electron chi connectivity index (χ3n) is 7.22. The van der Waals surface area contributed by atoms with Gasteiger partial charge in [-0.3, -0.25) is 9.59 Å². The van der Waals surface area contributed by atoms with Crippen molar-refractivity contribution in [2.45, 2.75) is 50.6 Å². The predicted octanol–water partition coefficient (Wildman–Crippen LogP) is 4.54. The first-order chi connectivity index (χ1) is 17.5. The fourth-order valence-corrected chi connectivity index (χ4v) is 5.56. The van der Waals surface area contributed by atoms with E-state index >= 15 is 0 Å². The summed E-state index contributed by atoms with van der Waals surface area (Å²) >= 11 is 6.48. The number of hydrogen-bond donors (Lipinski definition) is 3. The van der Waals surface area contributed by atoms with Gasteiger partial charge in [0.05, 0.1) is 22.8 Å². The molecule has 9 heteroatoms. The highest BCUT2D eigenvalue weighted by Gasteiger charge is 2.30. The quantitative estimate of drug-likeness (QED) is 0.426. The molecule has 0 spiro atoms. The molecule has 5 rings (SSSR count). The number of rotatable bonds is 6. The van der Waals surface area contributed by atoms with Crippen LogP contribution in [0.15, 0.2) is 49.3 Å². The number of nitrogens with one attached hydrogen (secondary N) is 3. The molecule has 3 atom stereocenters. The first-order valence-electron chi connectivity index (χ1n) is 12.6. The Labute approximate surface area is 215 Å². The van der Waals surface area contributed by atoms with Crippen LogP contribution < -0.4 is 10.6 Å². The third-order valence-corrected chi connectivity index (χ3v) is 7.50. The number of hydrogen-bond acceptors (Lipinski definition) is 5. The van der Waals surface area contributed by atoms with Crippen molar-refractivity contribution in [1.29, 1.82) is 0 Å². The Bertz CT molecular complexity index is 1270. The molecule has 1 aliphatic heterocycles. The zero-order valence-corrected chi connectivity index (χ0v) is 20.9. The number of benzene rings is 1. The molecule has 2 aliphatic rings. The summed E-state index contributed by atoms with van der Waals surface area (Å²) < 4.78 is 0. The minimum Gasteiger partial charge on any atom is -0.360 e. The molecule has 0 radical (unpaired) electrons. The summed E-state index contributed by atoms with van der Waals surface area (Å²) in [6, 6.07) is 8.26. The molecule has 2 amide bonds. The smallest absolute Gasteiger partial charge is 0.245 e. The number of fused-ring (bicyclic) bond motifs is 1. The molecule has 2 aromatic heterocycles. The van der Waals surface area contributed by atoms with Crippen LogP contribution in [0, 0.1) is 5.92 Å². The highest BCUT2D eigenvalue weighted by molar-refractivity contribution is 6.33. The number of likely N-dealkylation sites (tertiary alicyclic amines) is 1. The molecular formula is C27H31ClN6O2. The lowest BCUT2D eigenvalue weighted by atomic mass is 9.90. The number of piperidine rings is 1. The Balaban J connectivity index is 1.23. The maximum atomic E-state index is 13.0. The zero-order valence-electron chi connectivity index (χ0n) is 20.2. The molecule has 1 unspecified atom stereocenters. The second-order valence-corrected chi connectivity index (χ2v) is 10.1. The fraction of sp³-hybridized carbons (Fsp3) is 0.407. The van der Waals surface area contributed by atoms with E-state index in [2.05, 4.69) is 27.2 Å². The lowest BCUT2D eigenvalue weighted by molar-refractivity contribution is -0.132. The highest BCUT2D eigenvalue weighted by atomic mass is 35.5. The zero-order chi connectivity index (χ0) is 25.1. The molecule has 1 aliphatic carbocycles. The van der Waals surface area contributed by atoms with E-state index in [-0.39, 0.29) is 29.8 Å². The van der Waals surface area contributed by atoms with Crippen molar-refractivity contribution in [3.8, 4) is 11.3 Å². The summed E-state index contributed by atoms with van der Waals surface area (Å²) in [6.07, 6.45) is 10.2. The van der Waals surface area contributed by atoms with Crippen molar-refractivity contribution < 1.29 is 9.59 Å². The van der Waals surface area contributed by atoms with E-state index in [9.17, 15) is 9.59 Å². The van der Waals surface area contributed by atoms with Crippen LogP contribution >= 0.6 is 11.6 Å². The number of amides is 2. The maximum absolute atomic E-state index is 13.0. The van der Waals surface area contributed by atoms with E-state index in [1.54, 1.807) is 11.1 Å². The van der Waals surface area contributed by atoms with E-state index < -0.39 is 0 Å². The van der Waals surface area contributed by atoms with Crippen molar-refractivity contribution in [2.24, 2.45) is 5.92 Å². The van der Waals surface area contributed by atoms with Gasteiger partial charge in [-0.15, -0.1) is 0 Å². The average molecular weight is 507 g/mol. The summed E-state index contributed by atoms with van der Waals surface area (Å²) in [7, 11) is 0. The van der Waals surface area contributed by atoms with Crippen LogP contribution in [0.2, 0.25) is 5.02 Å². The standard InChI is InChI=1S/C27H31ClN6O2/c1-2-24(35)34-12-6-7-17(16-34)26(36)31-18-8-5-9-19(13-18)32-27-30-15-22(28)25(33-27)21-14-29-23-11-4-3-10-20(21)23/h2-4,10-11,14-15,17-19,29H,1,5-9,12-13,16H2,(H,31,36)(H,30,32,33)/t17?,18-,19+/m0/s1. The van der Waals surface area contributed by atoms with Crippen molar-refractivity contribution in [3.63, 3.8) is 0 Å². The van der Waals surface area contributed by atoms with Crippen LogP contribution in [-0.4, -0.2) is 56.8 Å². The minimum atomic E-state index is -0.172. The molecule has 8 nitrogen and oxygen atoms in total. The van der Waals surface area contributed by atoms with E-state index in [1.165, 1.54) is 6.08 Å².